The van der Waals surface area contributed by atoms with Crippen LogP contribution in [0.2, 0.25) is 5.02 Å². The molecular formula is C18H16ClN3O3. The van der Waals surface area contributed by atoms with Crippen LogP contribution in [-0.2, 0) is 4.79 Å². The number of anilines is 1. The number of aromatic nitrogens is 2. The van der Waals surface area contributed by atoms with Gasteiger partial charge in [0.15, 0.2) is 6.61 Å². The number of benzene rings is 2. The Balaban J connectivity index is 1.57. The first-order valence-corrected chi connectivity index (χ1v) is 7.98. The predicted octanol–water partition coefficient (Wildman–Crippen LogP) is 4.02. The van der Waals surface area contributed by atoms with E-state index in [0.717, 1.165) is 11.1 Å². The molecule has 3 rings (SSSR count). The largest absolute Gasteiger partial charge is 0.484 e. The molecule has 1 N–H and O–H groups in total. The van der Waals surface area contributed by atoms with Gasteiger partial charge in [-0.1, -0.05) is 22.8 Å². The lowest BCUT2D eigenvalue weighted by molar-refractivity contribution is -0.118. The quantitative estimate of drug-likeness (QED) is 0.746. The van der Waals surface area contributed by atoms with Gasteiger partial charge in [0.1, 0.15) is 5.75 Å². The van der Waals surface area contributed by atoms with Crippen LogP contribution in [0.25, 0.3) is 11.4 Å². The van der Waals surface area contributed by atoms with Gasteiger partial charge in [0.25, 0.3) is 5.91 Å². The zero-order valence-corrected chi connectivity index (χ0v) is 14.5. The molecule has 0 unspecified atom stereocenters. The lowest BCUT2D eigenvalue weighted by Gasteiger charge is -2.09. The molecule has 6 nitrogen and oxygen atoms in total. The summed E-state index contributed by atoms with van der Waals surface area (Å²) in [6.07, 6.45) is 0. The molecular weight excluding hydrogens is 342 g/mol. The van der Waals surface area contributed by atoms with E-state index in [9.17, 15) is 4.79 Å². The van der Waals surface area contributed by atoms with Gasteiger partial charge < -0.3 is 14.6 Å². The second-order valence-corrected chi connectivity index (χ2v) is 5.89. The van der Waals surface area contributed by atoms with E-state index in [1.54, 1.807) is 43.3 Å². The van der Waals surface area contributed by atoms with Gasteiger partial charge in [-0.05, 0) is 48.9 Å². The van der Waals surface area contributed by atoms with E-state index in [4.69, 9.17) is 20.9 Å². The smallest absolute Gasteiger partial charge is 0.262 e. The number of aryl methyl sites for hydroxylation is 2. The van der Waals surface area contributed by atoms with Crippen molar-refractivity contribution in [3.8, 4) is 17.1 Å². The van der Waals surface area contributed by atoms with Crippen LogP contribution in [0.15, 0.2) is 47.0 Å². The molecule has 0 saturated heterocycles. The van der Waals surface area contributed by atoms with Gasteiger partial charge in [0.05, 0.1) is 10.7 Å². The number of halogens is 1. The Morgan fingerprint density at radius 2 is 1.96 bits per heavy atom. The van der Waals surface area contributed by atoms with Gasteiger partial charge >= 0.3 is 0 Å². The van der Waals surface area contributed by atoms with Crippen molar-refractivity contribution in [3.05, 3.63) is 58.9 Å². The highest BCUT2D eigenvalue weighted by atomic mass is 35.5. The maximum atomic E-state index is 12.0. The average Bonchev–Trinajstić information content (AvgIpc) is 3.02. The summed E-state index contributed by atoms with van der Waals surface area (Å²) < 4.78 is 10.4. The van der Waals surface area contributed by atoms with Gasteiger partial charge in [0.2, 0.25) is 11.7 Å². The maximum absolute atomic E-state index is 12.0. The van der Waals surface area contributed by atoms with Crippen LogP contribution in [0.3, 0.4) is 0 Å². The zero-order chi connectivity index (χ0) is 17.8. The fraction of sp³-hybridized carbons (Fsp3) is 0.167. The molecule has 7 heteroatoms. The molecule has 1 heterocycles. The molecule has 0 aliphatic carbocycles. The molecule has 25 heavy (non-hydrogen) atoms. The molecule has 0 spiro atoms. The molecule has 0 fully saturated rings. The highest BCUT2D eigenvalue weighted by Gasteiger charge is 2.08. The Hall–Kier alpha value is -2.86. The molecule has 0 bridgehead atoms. The summed E-state index contributed by atoms with van der Waals surface area (Å²) in [7, 11) is 0. The molecule has 128 valence electrons. The van der Waals surface area contributed by atoms with Gasteiger partial charge in [-0.25, -0.2) is 0 Å². The minimum atomic E-state index is -0.288. The first-order chi connectivity index (χ1) is 12.0. The summed E-state index contributed by atoms with van der Waals surface area (Å²) in [6, 6.07) is 12.5. The van der Waals surface area contributed by atoms with Crippen molar-refractivity contribution in [2.75, 3.05) is 11.9 Å². The molecule has 2 aromatic carbocycles. The summed E-state index contributed by atoms with van der Waals surface area (Å²) in [5, 5.41) is 7.06. The van der Waals surface area contributed by atoms with Crippen LogP contribution in [-0.4, -0.2) is 22.7 Å². The monoisotopic (exact) mass is 357 g/mol. The van der Waals surface area contributed by atoms with E-state index in [-0.39, 0.29) is 12.5 Å². The second-order valence-electron chi connectivity index (χ2n) is 5.48. The summed E-state index contributed by atoms with van der Waals surface area (Å²) in [5.74, 6) is 1.29. The normalized spacial score (nSPS) is 10.5. The number of ether oxygens (including phenoxy) is 1. The summed E-state index contributed by atoms with van der Waals surface area (Å²) in [6.45, 7) is 3.54. The molecule has 0 aliphatic heterocycles. The number of hydrogen-bond acceptors (Lipinski definition) is 5. The fourth-order valence-electron chi connectivity index (χ4n) is 2.17. The van der Waals surface area contributed by atoms with Gasteiger partial charge in [-0.15, -0.1) is 0 Å². The third-order valence-electron chi connectivity index (χ3n) is 3.41. The molecule has 3 aromatic rings. The summed E-state index contributed by atoms with van der Waals surface area (Å²) >= 11 is 6.09. The van der Waals surface area contributed by atoms with Crippen molar-refractivity contribution in [1.82, 2.24) is 10.1 Å². The standard InChI is InChI=1S/C18H16ClN3O3/c1-11-3-8-16(15(19)9-11)21-17(23)10-24-14-6-4-13(5-7-14)18-20-12(2)25-22-18/h3-9H,10H2,1-2H3,(H,21,23). The van der Waals surface area contributed by atoms with Crippen molar-refractivity contribution in [1.29, 1.82) is 0 Å². The summed E-state index contributed by atoms with van der Waals surface area (Å²) in [5.41, 5.74) is 2.39. The van der Waals surface area contributed by atoms with Gasteiger partial charge in [-0.3, -0.25) is 4.79 Å². The highest BCUT2D eigenvalue weighted by molar-refractivity contribution is 6.33. The number of hydrogen-bond donors (Lipinski definition) is 1. The van der Waals surface area contributed by atoms with Crippen LogP contribution in [0, 0.1) is 13.8 Å². The minimum absolute atomic E-state index is 0.120. The van der Waals surface area contributed by atoms with Crippen molar-refractivity contribution < 1.29 is 14.1 Å². The topological polar surface area (TPSA) is 77.2 Å². The van der Waals surface area contributed by atoms with Crippen molar-refractivity contribution in [3.63, 3.8) is 0 Å². The van der Waals surface area contributed by atoms with Crippen molar-refractivity contribution in [2.24, 2.45) is 0 Å². The van der Waals surface area contributed by atoms with Gasteiger partial charge in [-0.2, -0.15) is 4.98 Å². The Morgan fingerprint density at radius 3 is 2.60 bits per heavy atom. The number of carbonyl (C=O) groups excluding carboxylic acids is 1. The van der Waals surface area contributed by atoms with E-state index in [1.165, 1.54) is 0 Å². The lowest BCUT2D eigenvalue weighted by Crippen LogP contribution is -2.20. The molecule has 1 amide bonds. The van der Waals surface area contributed by atoms with E-state index in [2.05, 4.69) is 15.5 Å². The number of nitrogens with one attached hydrogen (secondary N) is 1. The lowest BCUT2D eigenvalue weighted by atomic mass is 10.2. The number of carbonyl (C=O) groups is 1. The summed E-state index contributed by atoms with van der Waals surface area (Å²) in [4.78, 5) is 16.1. The highest BCUT2D eigenvalue weighted by Crippen LogP contribution is 2.23. The van der Waals surface area contributed by atoms with Crippen LogP contribution >= 0.6 is 11.6 Å². The zero-order valence-electron chi connectivity index (χ0n) is 13.7. The average molecular weight is 358 g/mol. The minimum Gasteiger partial charge on any atom is -0.484 e. The van der Waals surface area contributed by atoms with Crippen LogP contribution in [0.5, 0.6) is 5.75 Å². The Labute approximate surface area is 149 Å². The third-order valence-corrected chi connectivity index (χ3v) is 3.72. The Kier molecular flexibility index (Phi) is 5.00. The molecule has 0 saturated carbocycles. The molecule has 1 aromatic heterocycles. The number of nitrogens with zero attached hydrogens (tertiary/aromatic N) is 2. The molecule has 0 aliphatic rings. The van der Waals surface area contributed by atoms with E-state index in [0.29, 0.717) is 28.2 Å². The first-order valence-electron chi connectivity index (χ1n) is 7.61. The SMILES string of the molecule is Cc1ccc(NC(=O)COc2ccc(-c3noc(C)n3)cc2)c(Cl)c1. The maximum Gasteiger partial charge on any atom is 0.262 e. The number of amides is 1. The van der Waals surface area contributed by atoms with Crippen LogP contribution in [0.1, 0.15) is 11.5 Å². The molecule has 0 radical (unpaired) electrons. The fourth-order valence-corrected chi connectivity index (χ4v) is 2.46. The molecule has 0 atom stereocenters. The van der Waals surface area contributed by atoms with Gasteiger partial charge in [0, 0.05) is 12.5 Å². The van der Waals surface area contributed by atoms with Crippen molar-refractivity contribution in [2.45, 2.75) is 13.8 Å². The Morgan fingerprint density at radius 1 is 1.20 bits per heavy atom. The predicted molar refractivity (Wildman–Crippen MR) is 94.8 cm³/mol. The second kappa shape index (κ2) is 7.36. The van der Waals surface area contributed by atoms with Crippen LogP contribution in [0.4, 0.5) is 5.69 Å². The number of rotatable bonds is 5. The van der Waals surface area contributed by atoms with Crippen molar-refractivity contribution >= 4 is 23.2 Å². The van der Waals surface area contributed by atoms with E-state index in [1.807, 2.05) is 13.0 Å². The van der Waals surface area contributed by atoms with E-state index < -0.39 is 0 Å². The van der Waals surface area contributed by atoms with E-state index >= 15 is 0 Å². The third kappa shape index (κ3) is 4.36. The Bertz CT molecular complexity index is 891. The van der Waals surface area contributed by atoms with Crippen LogP contribution < -0.4 is 10.1 Å². The first kappa shape index (κ1) is 17.0.